The lowest BCUT2D eigenvalue weighted by Crippen LogP contribution is -2.36. The Morgan fingerprint density at radius 3 is 2.44 bits per heavy atom. The second-order valence-electron chi connectivity index (χ2n) is 5.24. The van der Waals surface area contributed by atoms with Gasteiger partial charge in [0.1, 0.15) is 5.82 Å². The van der Waals surface area contributed by atoms with Crippen LogP contribution < -0.4 is 16.4 Å². The molecule has 0 bridgehead atoms. The lowest BCUT2D eigenvalue weighted by molar-refractivity contribution is 0.100. The van der Waals surface area contributed by atoms with Gasteiger partial charge in [0.2, 0.25) is 5.91 Å². The van der Waals surface area contributed by atoms with Crippen molar-refractivity contribution in [3.05, 3.63) is 71.0 Å². The van der Waals surface area contributed by atoms with E-state index < -0.39 is 5.91 Å². The van der Waals surface area contributed by atoms with E-state index in [-0.39, 0.29) is 29.8 Å². The van der Waals surface area contributed by atoms with Gasteiger partial charge in [-0.05, 0) is 42.3 Å². The van der Waals surface area contributed by atoms with Gasteiger partial charge in [-0.3, -0.25) is 4.79 Å². The van der Waals surface area contributed by atoms with Crippen LogP contribution in [0.5, 0.6) is 0 Å². The molecule has 25 heavy (non-hydrogen) atoms. The van der Waals surface area contributed by atoms with Gasteiger partial charge in [-0.25, -0.2) is 9.38 Å². The minimum Gasteiger partial charge on any atom is -0.366 e. The molecule has 7 heteroatoms. The van der Waals surface area contributed by atoms with E-state index >= 15 is 0 Å². The Morgan fingerprint density at radius 2 is 1.84 bits per heavy atom. The molecule has 0 aromatic heterocycles. The van der Waals surface area contributed by atoms with E-state index in [0.717, 1.165) is 17.7 Å². The first-order chi connectivity index (χ1) is 11.6. The molecule has 134 valence electrons. The Hall–Kier alpha value is -2.16. The molecule has 0 fully saturated rings. The zero-order valence-electron chi connectivity index (χ0n) is 14.0. The number of guanidine groups is 1. The van der Waals surface area contributed by atoms with Crippen molar-refractivity contribution in [1.29, 1.82) is 0 Å². The minimum absolute atomic E-state index is 0. The topological polar surface area (TPSA) is 79.5 Å². The van der Waals surface area contributed by atoms with Gasteiger partial charge in [0, 0.05) is 18.7 Å². The molecule has 2 rings (SSSR count). The number of nitrogens with zero attached hydrogens (tertiary/aromatic N) is 1. The Labute approximate surface area is 163 Å². The van der Waals surface area contributed by atoms with Gasteiger partial charge in [-0.1, -0.05) is 24.3 Å². The van der Waals surface area contributed by atoms with Crippen molar-refractivity contribution in [2.75, 3.05) is 6.54 Å². The molecule has 0 aliphatic carbocycles. The van der Waals surface area contributed by atoms with Crippen molar-refractivity contribution >= 4 is 35.8 Å². The van der Waals surface area contributed by atoms with E-state index in [0.29, 0.717) is 24.6 Å². The summed E-state index contributed by atoms with van der Waals surface area (Å²) in [7, 11) is 0. The molecular formula is C18H22FIN4O. The second kappa shape index (κ2) is 10.7. The molecule has 0 saturated heterocycles. The van der Waals surface area contributed by atoms with Gasteiger partial charge in [0.25, 0.3) is 0 Å². The van der Waals surface area contributed by atoms with Crippen LogP contribution in [0.4, 0.5) is 4.39 Å². The number of hydrogen-bond donors (Lipinski definition) is 3. The summed E-state index contributed by atoms with van der Waals surface area (Å²) in [5.74, 6) is -0.0737. The molecule has 1 amide bonds. The van der Waals surface area contributed by atoms with Crippen LogP contribution >= 0.6 is 24.0 Å². The summed E-state index contributed by atoms with van der Waals surface area (Å²) in [6.07, 6.45) is 0. The van der Waals surface area contributed by atoms with Gasteiger partial charge in [0.15, 0.2) is 5.96 Å². The zero-order valence-corrected chi connectivity index (χ0v) is 16.3. The molecule has 4 N–H and O–H groups in total. The molecular weight excluding hydrogens is 434 g/mol. The fourth-order valence-electron chi connectivity index (χ4n) is 2.12. The van der Waals surface area contributed by atoms with Crippen LogP contribution in [0.2, 0.25) is 0 Å². The van der Waals surface area contributed by atoms with Gasteiger partial charge < -0.3 is 16.4 Å². The third-order valence-electron chi connectivity index (χ3n) is 3.35. The molecule has 2 aromatic rings. The number of amides is 1. The summed E-state index contributed by atoms with van der Waals surface area (Å²) in [6.45, 7) is 3.62. The number of hydrogen-bond acceptors (Lipinski definition) is 2. The molecule has 0 atom stereocenters. The van der Waals surface area contributed by atoms with Crippen LogP contribution in [-0.4, -0.2) is 18.4 Å². The van der Waals surface area contributed by atoms with Crippen molar-refractivity contribution in [3.63, 3.8) is 0 Å². The van der Waals surface area contributed by atoms with E-state index in [9.17, 15) is 9.18 Å². The Balaban J connectivity index is 0.00000312. The van der Waals surface area contributed by atoms with Gasteiger partial charge in [0.05, 0.1) is 6.54 Å². The van der Waals surface area contributed by atoms with Crippen molar-refractivity contribution in [3.8, 4) is 0 Å². The maximum absolute atomic E-state index is 13.2. The molecule has 0 aliphatic heterocycles. The van der Waals surface area contributed by atoms with Crippen LogP contribution in [0.1, 0.15) is 28.4 Å². The SMILES string of the molecule is CCNC(=NCc1cccc(F)c1)NCc1ccc(C(N)=O)cc1.I. The second-order valence-corrected chi connectivity index (χ2v) is 5.24. The number of benzene rings is 2. The van der Waals surface area contributed by atoms with Gasteiger partial charge >= 0.3 is 0 Å². The first kappa shape index (κ1) is 20.9. The van der Waals surface area contributed by atoms with Gasteiger partial charge in [-0.15, -0.1) is 24.0 Å². The number of halogens is 2. The number of carbonyl (C=O) groups is 1. The Kier molecular flexibility index (Phi) is 8.90. The van der Waals surface area contributed by atoms with E-state index in [4.69, 9.17) is 5.73 Å². The first-order valence-corrected chi connectivity index (χ1v) is 7.74. The first-order valence-electron chi connectivity index (χ1n) is 7.74. The maximum Gasteiger partial charge on any atom is 0.248 e. The highest BCUT2D eigenvalue weighted by Crippen LogP contribution is 2.05. The third-order valence-corrected chi connectivity index (χ3v) is 3.35. The standard InChI is InChI=1S/C18H21FN4O.HI/c1-2-21-18(23-12-14-4-3-5-16(19)10-14)22-11-13-6-8-15(9-7-13)17(20)24;/h3-10H,2,11-12H2,1H3,(H2,20,24)(H2,21,22,23);1H. The number of nitrogens with one attached hydrogen (secondary N) is 2. The van der Waals surface area contributed by atoms with E-state index in [2.05, 4.69) is 15.6 Å². The maximum atomic E-state index is 13.2. The number of aliphatic imine (C=N–C) groups is 1. The van der Waals surface area contributed by atoms with Crippen LogP contribution in [-0.2, 0) is 13.1 Å². The zero-order chi connectivity index (χ0) is 17.4. The highest BCUT2D eigenvalue weighted by Gasteiger charge is 2.02. The molecule has 5 nitrogen and oxygen atoms in total. The summed E-state index contributed by atoms with van der Waals surface area (Å²) in [6, 6.07) is 13.4. The molecule has 2 aromatic carbocycles. The highest BCUT2D eigenvalue weighted by molar-refractivity contribution is 14.0. The number of primary amides is 1. The average molecular weight is 456 g/mol. The number of rotatable bonds is 6. The summed E-state index contributed by atoms with van der Waals surface area (Å²) < 4.78 is 13.2. The number of nitrogens with two attached hydrogens (primary N) is 1. The fourth-order valence-corrected chi connectivity index (χ4v) is 2.12. The van der Waals surface area contributed by atoms with Crippen LogP contribution in [0.3, 0.4) is 0 Å². The quantitative estimate of drug-likeness (QED) is 0.356. The monoisotopic (exact) mass is 456 g/mol. The molecule has 0 radical (unpaired) electrons. The normalized spacial score (nSPS) is 10.7. The van der Waals surface area contributed by atoms with Crippen molar-refractivity contribution in [2.45, 2.75) is 20.0 Å². The third kappa shape index (κ3) is 7.08. The predicted octanol–water partition coefficient (Wildman–Crippen LogP) is 2.80. The lowest BCUT2D eigenvalue weighted by atomic mass is 10.1. The van der Waals surface area contributed by atoms with Crippen LogP contribution in [0.25, 0.3) is 0 Å². The van der Waals surface area contributed by atoms with Crippen molar-refractivity contribution < 1.29 is 9.18 Å². The highest BCUT2D eigenvalue weighted by atomic mass is 127. The van der Waals surface area contributed by atoms with E-state index in [1.807, 2.05) is 25.1 Å². The predicted molar refractivity (Wildman–Crippen MR) is 108 cm³/mol. The van der Waals surface area contributed by atoms with Crippen molar-refractivity contribution in [2.24, 2.45) is 10.7 Å². The summed E-state index contributed by atoms with van der Waals surface area (Å²) in [5, 5.41) is 6.34. The van der Waals surface area contributed by atoms with Crippen molar-refractivity contribution in [1.82, 2.24) is 10.6 Å². The smallest absolute Gasteiger partial charge is 0.248 e. The number of carbonyl (C=O) groups excluding carboxylic acids is 1. The summed E-state index contributed by atoms with van der Waals surface area (Å²) in [5.41, 5.74) is 7.50. The Bertz CT molecular complexity index is 719. The summed E-state index contributed by atoms with van der Waals surface area (Å²) >= 11 is 0. The summed E-state index contributed by atoms with van der Waals surface area (Å²) in [4.78, 5) is 15.5. The largest absolute Gasteiger partial charge is 0.366 e. The minimum atomic E-state index is -0.445. The molecule has 0 unspecified atom stereocenters. The van der Waals surface area contributed by atoms with Gasteiger partial charge in [-0.2, -0.15) is 0 Å². The molecule has 0 spiro atoms. The molecule has 0 heterocycles. The average Bonchev–Trinajstić information content (AvgIpc) is 2.58. The van der Waals surface area contributed by atoms with E-state index in [1.54, 1.807) is 18.2 Å². The molecule has 0 aliphatic rings. The fraction of sp³-hybridized carbons (Fsp3) is 0.222. The van der Waals surface area contributed by atoms with Crippen LogP contribution in [0, 0.1) is 5.82 Å². The lowest BCUT2D eigenvalue weighted by Gasteiger charge is -2.11. The molecule has 0 saturated carbocycles. The van der Waals surface area contributed by atoms with E-state index in [1.165, 1.54) is 12.1 Å². The van der Waals surface area contributed by atoms with Crippen LogP contribution in [0.15, 0.2) is 53.5 Å². The Morgan fingerprint density at radius 1 is 1.12 bits per heavy atom.